The first-order valence-electron chi connectivity index (χ1n) is 11.9. The summed E-state index contributed by atoms with van der Waals surface area (Å²) in [6, 6.07) is 9.04. The van der Waals surface area contributed by atoms with Crippen molar-refractivity contribution in [3.63, 3.8) is 0 Å². The van der Waals surface area contributed by atoms with Crippen LogP contribution in [0.2, 0.25) is 0 Å². The van der Waals surface area contributed by atoms with E-state index in [1.807, 2.05) is 7.05 Å². The third-order valence-electron chi connectivity index (χ3n) is 6.68. The lowest BCUT2D eigenvalue weighted by Gasteiger charge is -2.37. The Balaban J connectivity index is 1.25. The molecule has 31 heavy (non-hydrogen) atoms. The highest BCUT2D eigenvalue weighted by Gasteiger charge is 2.32. The van der Waals surface area contributed by atoms with E-state index >= 15 is 0 Å². The molecule has 1 aromatic carbocycles. The van der Waals surface area contributed by atoms with Crippen molar-refractivity contribution >= 4 is 5.96 Å². The number of rotatable bonds is 5. The molecule has 0 spiro atoms. The van der Waals surface area contributed by atoms with Crippen molar-refractivity contribution in [3.05, 3.63) is 35.4 Å². The van der Waals surface area contributed by atoms with Gasteiger partial charge in [0.1, 0.15) is 6.10 Å². The Hall–Kier alpha value is -1.67. The number of hydrogen-bond acceptors (Lipinski definition) is 5. The lowest BCUT2D eigenvalue weighted by Crippen LogP contribution is -2.53. The fourth-order valence-electron chi connectivity index (χ4n) is 4.78. The minimum absolute atomic E-state index is 0.146. The zero-order chi connectivity index (χ0) is 21.5. The summed E-state index contributed by atoms with van der Waals surface area (Å²) in [5.74, 6) is 0.948. The lowest BCUT2D eigenvalue weighted by molar-refractivity contribution is -0.0817. The van der Waals surface area contributed by atoms with Crippen LogP contribution in [0, 0.1) is 0 Å². The van der Waals surface area contributed by atoms with Gasteiger partial charge < -0.3 is 24.6 Å². The molecule has 2 atom stereocenters. The maximum Gasteiger partial charge on any atom is 0.194 e. The minimum Gasteiger partial charge on any atom is -0.375 e. The van der Waals surface area contributed by atoms with Gasteiger partial charge >= 0.3 is 0 Å². The number of nitrogens with one attached hydrogen (secondary N) is 1. The van der Waals surface area contributed by atoms with Gasteiger partial charge in [-0.2, -0.15) is 0 Å². The molecule has 2 unspecified atom stereocenters. The fraction of sp³-hybridized carbons (Fsp3) is 0.708. The summed E-state index contributed by atoms with van der Waals surface area (Å²) in [6.07, 6.45) is 3.88. The summed E-state index contributed by atoms with van der Waals surface area (Å²) in [5.41, 5.74) is 2.68. The zero-order valence-corrected chi connectivity index (χ0v) is 19.3. The minimum atomic E-state index is 0.146. The molecule has 7 heteroatoms. The average Bonchev–Trinajstić information content (AvgIpc) is 3.26. The Labute approximate surface area is 187 Å². The van der Waals surface area contributed by atoms with Crippen LogP contribution < -0.4 is 5.32 Å². The normalized spacial score (nSPS) is 26.8. The number of morpholine rings is 1. The molecule has 1 aromatic rings. The van der Waals surface area contributed by atoms with E-state index in [-0.39, 0.29) is 12.2 Å². The van der Waals surface area contributed by atoms with Gasteiger partial charge in [0.25, 0.3) is 0 Å². The topological polar surface area (TPSA) is 52.6 Å². The number of ether oxygens (including phenoxy) is 2. The molecule has 7 nitrogen and oxygen atoms in total. The van der Waals surface area contributed by atoms with E-state index in [4.69, 9.17) is 9.47 Å². The molecule has 0 aliphatic carbocycles. The van der Waals surface area contributed by atoms with Crippen LogP contribution in [0.4, 0.5) is 0 Å². The summed E-state index contributed by atoms with van der Waals surface area (Å²) in [6.45, 7) is 9.84. The second kappa shape index (κ2) is 11.3. The van der Waals surface area contributed by atoms with Crippen LogP contribution >= 0.6 is 0 Å². The summed E-state index contributed by atoms with van der Waals surface area (Å²) >= 11 is 0. The monoisotopic (exact) mass is 429 g/mol. The molecule has 0 amide bonds. The van der Waals surface area contributed by atoms with Crippen molar-refractivity contribution in [2.75, 3.05) is 66.6 Å². The van der Waals surface area contributed by atoms with Gasteiger partial charge in [0.2, 0.25) is 0 Å². The Bertz CT molecular complexity index is 704. The largest absolute Gasteiger partial charge is 0.375 e. The fourth-order valence-corrected chi connectivity index (χ4v) is 4.78. The second-order valence-corrected chi connectivity index (χ2v) is 9.06. The van der Waals surface area contributed by atoms with Gasteiger partial charge in [-0.3, -0.25) is 9.89 Å². The predicted octanol–water partition coefficient (Wildman–Crippen LogP) is 1.78. The smallest absolute Gasteiger partial charge is 0.194 e. The second-order valence-electron chi connectivity index (χ2n) is 9.06. The van der Waals surface area contributed by atoms with E-state index in [9.17, 15) is 0 Å². The first kappa shape index (κ1) is 22.5. The quantitative estimate of drug-likeness (QED) is 0.569. The summed E-state index contributed by atoms with van der Waals surface area (Å²) in [5, 5.41) is 3.54. The zero-order valence-electron chi connectivity index (χ0n) is 19.3. The van der Waals surface area contributed by atoms with Gasteiger partial charge in [-0.15, -0.1) is 0 Å². The van der Waals surface area contributed by atoms with Gasteiger partial charge in [-0.1, -0.05) is 24.3 Å². The highest BCUT2D eigenvalue weighted by atomic mass is 16.5. The van der Waals surface area contributed by atoms with E-state index in [1.54, 1.807) is 0 Å². The third-order valence-corrected chi connectivity index (χ3v) is 6.68. The molecular weight excluding hydrogens is 390 g/mol. The van der Waals surface area contributed by atoms with Crippen LogP contribution in [-0.2, 0) is 22.6 Å². The standard InChI is InChI=1S/C24H39N5O2/c1-25-24(29-14-16-31-23(19-29)22-5-3-15-30-22)26-17-20-6-8-21(9-7-20)18-28-11-4-10-27(2)12-13-28/h6-9,22-23H,3-5,10-19H2,1-2H3,(H,25,26). The molecule has 3 fully saturated rings. The molecule has 172 valence electrons. The van der Waals surface area contributed by atoms with Crippen molar-refractivity contribution < 1.29 is 9.47 Å². The molecule has 0 aromatic heterocycles. The molecule has 0 radical (unpaired) electrons. The van der Waals surface area contributed by atoms with E-state index in [0.29, 0.717) is 0 Å². The first-order chi connectivity index (χ1) is 15.2. The number of guanidine groups is 1. The number of likely N-dealkylation sites (N-methyl/N-ethyl adjacent to an activating group) is 1. The molecule has 1 N–H and O–H groups in total. The molecule has 3 aliphatic rings. The molecule has 0 saturated carbocycles. The van der Waals surface area contributed by atoms with Gasteiger partial charge in [0, 0.05) is 52.9 Å². The third kappa shape index (κ3) is 6.42. The van der Waals surface area contributed by atoms with Crippen LogP contribution in [0.15, 0.2) is 29.3 Å². The molecule has 0 bridgehead atoms. The molecular formula is C24H39N5O2. The predicted molar refractivity (Wildman–Crippen MR) is 124 cm³/mol. The molecule has 3 saturated heterocycles. The molecule has 3 heterocycles. The lowest BCUT2D eigenvalue weighted by atomic mass is 10.1. The summed E-state index contributed by atoms with van der Waals surface area (Å²) < 4.78 is 11.8. The number of aliphatic imine (C=N–C) groups is 1. The Morgan fingerprint density at radius 3 is 2.55 bits per heavy atom. The van der Waals surface area contributed by atoms with Crippen LogP contribution in [-0.4, -0.2) is 99.4 Å². The number of benzene rings is 1. The SMILES string of the molecule is CN=C(NCc1ccc(CN2CCCN(C)CC2)cc1)N1CCOC(C2CCCO2)C1. The maximum atomic E-state index is 5.98. The van der Waals surface area contributed by atoms with E-state index in [1.165, 1.54) is 30.6 Å². The van der Waals surface area contributed by atoms with Crippen molar-refractivity contribution in [1.82, 2.24) is 20.0 Å². The maximum absolute atomic E-state index is 5.98. The van der Waals surface area contributed by atoms with E-state index < -0.39 is 0 Å². The molecule has 3 aliphatic heterocycles. The van der Waals surface area contributed by atoms with Crippen LogP contribution in [0.1, 0.15) is 30.4 Å². The molecule has 4 rings (SSSR count). The van der Waals surface area contributed by atoms with Crippen LogP contribution in [0.5, 0.6) is 0 Å². The number of hydrogen-bond donors (Lipinski definition) is 1. The van der Waals surface area contributed by atoms with Crippen molar-refractivity contribution in [3.8, 4) is 0 Å². The number of nitrogens with zero attached hydrogens (tertiary/aromatic N) is 4. The van der Waals surface area contributed by atoms with Crippen LogP contribution in [0.25, 0.3) is 0 Å². The van der Waals surface area contributed by atoms with Gasteiger partial charge in [0.15, 0.2) is 5.96 Å². The van der Waals surface area contributed by atoms with E-state index in [0.717, 1.165) is 71.3 Å². The Morgan fingerprint density at radius 2 is 1.77 bits per heavy atom. The van der Waals surface area contributed by atoms with E-state index in [2.05, 4.69) is 56.3 Å². The highest BCUT2D eigenvalue weighted by molar-refractivity contribution is 5.80. The van der Waals surface area contributed by atoms with Crippen molar-refractivity contribution in [1.29, 1.82) is 0 Å². The summed E-state index contributed by atoms with van der Waals surface area (Å²) in [4.78, 5) is 11.8. The Morgan fingerprint density at radius 1 is 0.968 bits per heavy atom. The Kier molecular flexibility index (Phi) is 8.19. The first-order valence-corrected chi connectivity index (χ1v) is 11.9. The van der Waals surface area contributed by atoms with Crippen LogP contribution in [0.3, 0.4) is 0 Å². The highest BCUT2D eigenvalue weighted by Crippen LogP contribution is 2.21. The average molecular weight is 430 g/mol. The van der Waals surface area contributed by atoms with Crippen molar-refractivity contribution in [2.45, 2.75) is 44.6 Å². The van der Waals surface area contributed by atoms with Gasteiger partial charge in [0.05, 0.1) is 12.7 Å². The van der Waals surface area contributed by atoms with Gasteiger partial charge in [-0.05, 0) is 50.5 Å². The van der Waals surface area contributed by atoms with Crippen molar-refractivity contribution in [2.24, 2.45) is 4.99 Å². The van der Waals surface area contributed by atoms with Gasteiger partial charge in [-0.25, -0.2) is 0 Å². The summed E-state index contributed by atoms with van der Waals surface area (Å²) in [7, 11) is 4.08.